The van der Waals surface area contributed by atoms with Crippen LogP contribution < -0.4 is 0 Å². The number of hydrogen-bond acceptors (Lipinski definition) is 1. The summed E-state index contributed by atoms with van der Waals surface area (Å²) in [6.45, 7) is 0.576. The summed E-state index contributed by atoms with van der Waals surface area (Å²) in [6, 6.07) is 0. The van der Waals surface area contributed by atoms with Crippen molar-refractivity contribution in [1.82, 2.24) is 0 Å². The van der Waals surface area contributed by atoms with Crippen LogP contribution >= 0.6 is 0 Å². The minimum absolute atomic E-state index is 0.226. The highest BCUT2D eigenvalue weighted by molar-refractivity contribution is 7.95. The summed E-state index contributed by atoms with van der Waals surface area (Å²) in [5.74, 6) is 0.226. The molecule has 73 valence electrons. The summed E-state index contributed by atoms with van der Waals surface area (Å²) >= 11 is -1.09. The van der Waals surface area contributed by atoms with Crippen molar-refractivity contribution in [2.75, 3.05) is 33.0 Å². The first-order valence-electron chi connectivity index (χ1n) is 4.24. The van der Waals surface area contributed by atoms with Gasteiger partial charge in [0.2, 0.25) is 0 Å². The molecule has 0 spiro atoms. The highest BCUT2D eigenvalue weighted by atomic mass is 32.2. The molecular formula is C9H15NO2S+. The second kappa shape index (κ2) is 4.28. The van der Waals surface area contributed by atoms with Crippen LogP contribution in [0, 0.1) is 0 Å². The maximum atomic E-state index is 11.4. The van der Waals surface area contributed by atoms with Gasteiger partial charge in [-0.05, 0) is 11.2 Å². The fraction of sp³-hybridized carbons (Fsp3) is 0.556. The summed E-state index contributed by atoms with van der Waals surface area (Å²) in [6.07, 6.45) is 5.80. The van der Waals surface area contributed by atoms with Gasteiger partial charge in [-0.25, -0.2) is 5.11 Å². The lowest BCUT2D eigenvalue weighted by atomic mass is 10.3. The molecule has 0 aromatic rings. The Labute approximate surface area is 82.1 Å². The molecule has 13 heavy (non-hydrogen) atoms. The quantitative estimate of drug-likeness (QED) is 0.488. The van der Waals surface area contributed by atoms with Gasteiger partial charge in [-0.1, -0.05) is 0 Å². The molecule has 1 aliphatic rings. The van der Waals surface area contributed by atoms with Crippen LogP contribution in [0.5, 0.6) is 0 Å². The molecule has 0 saturated carbocycles. The standard InChI is InChI=1S/C9H15NO2S/c1-10(2)5-3-9(4-6-10)13(12)8-7-11/h3-5H,6-8H2,1-2H3/q+1. The Morgan fingerprint density at radius 1 is 1.62 bits per heavy atom. The molecule has 0 aromatic heterocycles. The number of rotatable bonds is 3. The molecule has 0 aromatic carbocycles. The van der Waals surface area contributed by atoms with E-state index in [4.69, 9.17) is 0 Å². The van der Waals surface area contributed by atoms with Crippen molar-refractivity contribution in [2.24, 2.45) is 0 Å². The van der Waals surface area contributed by atoms with Crippen LogP contribution in [-0.4, -0.2) is 42.0 Å². The number of likely N-dealkylation sites (N-methyl/N-ethyl adjacent to an activating group) is 1. The average Bonchev–Trinajstić information content (AvgIpc) is 2.04. The molecule has 0 bridgehead atoms. The summed E-state index contributed by atoms with van der Waals surface area (Å²) in [5, 5.41) is 10.3. The van der Waals surface area contributed by atoms with Gasteiger partial charge < -0.3 is 4.55 Å². The summed E-state index contributed by atoms with van der Waals surface area (Å²) in [4.78, 5) is 0.799. The lowest BCUT2D eigenvalue weighted by Gasteiger charge is -2.26. The lowest BCUT2D eigenvalue weighted by Crippen LogP contribution is -2.35. The van der Waals surface area contributed by atoms with E-state index in [1.807, 2.05) is 18.4 Å². The van der Waals surface area contributed by atoms with Gasteiger partial charge in [-0.2, -0.15) is 0 Å². The van der Waals surface area contributed by atoms with E-state index >= 15 is 0 Å². The Morgan fingerprint density at radius 2 is 2.31 bits per heavy atom. The first-order valence-corrected chi connectivity index (χ1v) is 5.55. The zero-order valence-electron chi connectivity index (χ0n) is 8.03. The van der Waals surface area contributed by atoms with Crippen molar-refractivity contribution in [3.63, 3.8) is 0 Å². The molecule has 1 heterocycles. The van der Waals surface area contributed by atoms with E-state index in [0.29, 0.717) is 0 Å². The first-order chi connectivity index (χ1) is 6.05. The monoisotopic (exact) mass is 201 g/mol. The second-order valence-electron chi connectivity index (χ2n) is 3.64. The van der Waals surface area contributed by atoms with E-state index < -0.39 is 11.2 Å². The first kappa shape index (κ1) is 10.8. The highest BCUT2D eigenvalue weighted by Crippen LogP contribution is 2.16. The fourth-order valence-electron chi connectivity index (χ4n) is 1.09. The Balaban J connectivity index is 2.56. The molecule has 1 rings (SSSR count). The number of hydrogen-bond donors (Lipinski definition) is 0. The largest absolute Gasteiger partial charge is 0.611 e. The molecule has 0 amide bonds. The predicted octanol–water partition coefficient (Wildman–Crippen LogP) is 0.653. The van der Waals surface area contributed by atoms with Crippen molar-refractivity contribution in [1.29, 1.82) is 0 Å². The third kappa shape index (κ3) is 3.15. The van der Waals surface area contributed by atoms with E-state index in [-0.39, 0.29) is 12.4 Å². The van der Waals surface area contributed by atoms with E-state index in [1.165, 1.54) is 0 Å². The smallest absolute Gasteiger partial charge is 0.159 e. The molecule has 0 fully saturated rings. The molecule has 0 N–H and O–H groups in total. The van der Waals surface area contributed by atoms with Crippen LogP contribution in [0.3, 0.4) is 0 Å². The highest BCUT2D eigenvalue weighted by Gasteiger charge is 2.20. The normalized spacial score (nSPS) is 22.6. The fourth-order valence-corrected chi connectivity index (χ4v) is 1.95. The molecular weight excluding hydrogens is 186 g/mol. The summed E-state index contributed by atoms with van der Waals surface area (Å²) in [5.41, 5.74) is 0. The summed E-state index contributed by atoms with van der Waals surface area (Å²) in [7, 11) is 4.14. The Hall–Kier alpha value is -0.290. The minimum atomic E-state index is -1.09. The van der Waals surface area contributed by atoms with Gasteiger partial charge in [0.25, 0.3) is 0 Å². The number of quaternary nitrogens is 1. The van der Waals surface area contributed by atoms with Crippen molar-refractivity contribution in [3.05, 3.63) is 23.3 Å². The van der Waals surface area contributed by atoms with Crippen molar-refractivity contribution in [2.45, 2.75) is 0 Å². The number of nitrogens with zero attached hydrogens (tertiary/aromatic N) is 1. The zero-order chi connectivity index (χ0) is 9.90. The van der Waals surface area contributed by atoms with E-state index in [0.717, 1.165) is 15.9 Å². The minimum Gasteiger partial charge on any atom is -0.611 e. The Kier molecular flexibility index (Phi) is 3.55. The van der Waals surface area contributed by atoms with Gasteiger partial charge in [-0.15, -0.1) is 0 Å². The van der Waals surface area contributed by atoms with E-state index in [2.05, 4.69) is 14.1 Å². The van der Waals surface area contributed by atoms with Crippen LogP contribution in [0.1, 0.15) is 0 Å². The average molecular weight is 201 g/mol. The molecule has 0 aliphatic carbocycles. The molecule has 1 atom stereocenters. The maximum Gasteiger partial charge on any atom is 0.159 e. The van der Waals surface area contributed by atoms with Crippen molar-refractivity contribution >= 4 is 11.2 Å². The van der Waals surface area contributed by atoms with Crippen LogP contribution in [-0.2, 0) is 16.3 Å². The Morgan fingerprint density at radius 3 is 2.77 bits per heavy atom. The molecule has 4 heteroatoms. The number of allylic oxidation sites excluding steroid dienone is 1. The van der Waals surface area contributed by atoms with Crippen LogP contribution in [0.2, 0.25) is 0 Å². The third-order valence-corrected chi connectivity index (χ3v) is 3.30. The molecule has 1 radical (unpaired) electrons. The molecule has 0 saturated heterocycles. The van der Waals surface area contributed by atoms with Crippen LogP contribution in [0.15, 0.2) is 23.3 Å². The summed E-state index contributed by atoms with van der Waals surface area (Å²) < 4.78 is 12.2. The van der Waals surface area contributed by atoms with Gasteiger partial charge in [0, 0.05) is 12.2 Å². The molecule has 3 nitrogen and oxygen atoms in total. The SMILES string of the molecule is C[N+]1(C)C=CC([S+]([O-])CC[O])=CC1. The van der Waals surface area contributed by atoms with Gasteiger partial charge in [-0.3, -0.25) is 4.48 Å². The van der Waals surface area contributed by atoms with Gasteiger partial charge in [0.15, 0.2) is 4.91 Å². The Bertz CT molecular complexity index is 236. The lowest BCUT2D eigenvalue weighted by molar-refractivity contribution is -0.833. The van der Waals surface area contributed by atoms with Gasteiger partial charge in [0.05, 0.1) is 14.1 Å². The van der Waals surface area contributed by atoms with Crippen LogP contribution in [0.25, 0.3) is 0 Å². The van der Waals surface area contributed by atoms with Crippen LogP contribution in [0.4, 0.5) is 0 Å². The van der Waals surface area contributed by atoms with E-state index in [1.54, 1.807) is 0 Å². The van der Waals surface area contributed by atoms with Crippen molar-refractivity contribution < 1.29 is 14.1 Å². The molecule has 1 unspecified atom stereocenters. The topological polar surface area (TPSA) is 43.0 Å². The third-order valence-electron chi connectivity index (χ3n) is 1.94. The van der Waals surface area contributed by atoms with Gasteiger partial charge in [0.1, 0.15) is 25.1 Å². The predicted molar refractivity (Wildman–Crippen MR) is 52.8 cm³/mol. The second-order valence-corrected chi connectivity index (χ2v) is 5.21. The molecule has 1 aliphatic heterocycles. The maximum absolute atomic E-state index is 11.4. The van der Waals surface area contributed by atoms with Gasteiger partial charge >= 0.3 is 0 Å². The zero-order valence-corrected chi connectivity index (χ0v) is 8.84. The van der Waals surface area contributed by atoms with E-state index in [9.17, 15) is 9.66 Å². The van der Waals surface area contributed by atoms with Crippen molar-refractivity contribution in [3.8, 4) is 0 Å².